The molecule has 1 heterocycles. The van der Waals surface area contributed by atoms with Crippen LogP contribution < -0.4 is 10.6 Å². The first-order valence-electron chi connectivity index (χ1n) is 8.34. The molecule has 0 radical (unpaired) electrons. The van der Waals surface area contributed by atoms with Crippen LogP contribution in [0.1, 0.15) is 46.0 Å². The average Bonchev–Trinajstić information content (AvgIpc) is 3.00. The van der Waals surface area contributed by atoms with Gasteiger partial charge in [-0.1, -0.05) is 11.6 Å². The second-order valence-corrected chi connectivity index (χ2v) is 6.17. The fourth-order valence-electron chi connectivity index (χ4n) is 2.88. The first-order chi connectivity index (χ1) is 10.6. The lowest BCUT2D eigenvalue weighted by atomic mass is 9.97. The number of aromatic nitrogens is 2. The number of nitrogens with zero attached hydrogens (tertiary/aromatic N) is 2. The van der Waals surface area contributed by atoms with E-state index in [4.69, 9.17) is 0 Å². The van der Waals surface area contributed by atoms with E-state index >= 15 is 0 Å². The molecule has 2 N–H and O–H groups in total. The van der Waals surface area contributed by atoms with Crippen LogP contribution in [0.15, 0.2) is 30.1 Å². The Morgan fingerprint density at radius 1 is 1.41 bits per heavy atom. The summed E-state index contributed by atoms with van der Waals surface area (Å²) in [5, 5.41) is 10.5. The molecule has 1 aromatic heterocycles. The number of amides is 1. The first kappa shape index (κ1) is 16.7. The van der Waals surface area contributed by atoms with Gasteiger partial charge in [-0.25, -0.2) is 0 Å². The zero-order valence-corrected chi connectivity index (χ0v) is 13.7. The predicted molar refractivity (Wildman–Crippen MR) is 88.5 cm³/mol. The summed E-state index contributed by atoms with van der Waals surface area (Å²) >= 11 is 0. The summed E-state index contributed by atoms with van der Waals surface area (Å²) in [5.74, 6) is 0.0729. The van der Waals surface area contributed by atoms with Crippen LogP contribution in [0.4, 0.5) is 0 Å². The van der Waals surface area contributed by atoms with Crippen LogP contribution >= 0.6 is 0 Å². The molecule has 22 heavy (non-hydrogen) atoms. The average molecular weight is 304 g/mol. The van der Waals surface area contributed by atoms with Gasteiger partial charge in [0.15, 0.2) is 0 Å². The van der Waals surface area contributed by atoms with Gasteiger partial charge in [0.1, 0.15) is 0 Å². The molecule has 0 aromatic carbocycles. The minimum Gasteiger partial charge on any atom is -0.354 e. The molecule has 122 valence electrons. The van der Waals surface area contributed by atoms with Crippen molar-refractivity contribution in [2.75, 3.05) is 6.54 Å². The Balaban J connectivity index is 1.64. The molecule has 0 saturated carbocycles. The molecular formula is C17H28N4O. The Hall–Kier alpha value is -1.62. The summed E-state index contributed by atoms with van der Waals surface area (Å²) in [5.41, 5.74) is 1.50. The second kappa shape index (κ2) is 8.73. The molecule has 0 fully saturated rings. The van der Waals surface area contributed by atoms with Gasteiger partial charge in [0.2, 0.25) is 5.91 Å². The van der Waals surface area contributed by atoms with Crippen molar-refractivity contribution in [2.45, 2.75) is 64.6 Å². The van der Waals surface area contributed by atoms with Gasteiger partial charge in [0.25, 0.3) is 0 Å². The maximum absolute atomic E-state index is 12.1. The normalized spacial score (nSPS) is 17.6. The van der Waals surface area contributed by atoms with Crippen molar-refractivity contribution in [2.24, 2.45) is 0 Å². The molecule has 1 aromatic rings. The first-order valence-corrected chi connectivity index (χ1v) is 8.34. The maximum Gasteiger partial charge on any atom is 0.236 e. The van der Waals surface area contributed by atoms with Gasteiger partial charge in [-0.05, 0) is 52.0 Å². The standard InChI is InChI=1S/C17H28N4O/c1-14(13-21-12-6-10-19-21)20-15(2)17(22)18-11-9-16-7-4-3-5-8-16/h6-7,10,12,14-15,20H,3-5,8-9,11,13H2,1-2H3,(H,18,22)/t14-,15-/m0/s1. The smallest absolute Gasteiger partial charge is 0.236 e. The van der Waals surface area contributed by atoms with E-state index in [-0.39, 0.29) is 18.0 Å². The number of carbonyl (C=O) groups is 1. The summed E-state index contributed by atoms with van der Waals surface area (Å²) in [7, 11) is 0. The van der Waals surface area contributed by atoms with E-state index in [0.717, 1.165) is 19.5 Å². The SMILES string of the molecule is C[C@H](N[C@@H](C)Cn1cccn1)C(=O)NCCC1=CCCCC1. The molecule has 0 unspecified atom stereocenters. The Bertz CT molecular complexity index is 481. The minimum absolute atomic E-state index is 0.0729. The second-order valence-electron chi connectivity index (χ2n) is 6.17. The molecule has 0 spiro atoms. The molecule has 0 aliphatic heterocycles. The monoisotopic (exact) mass is 304 g/mol. The van der Waals surface area contributed by atoms with Crippen molar-refractivity contribution >= 4 is 5.91 Å². The molecule has 2 atom stereocenters. The van der Waals surface area contributed by atoms with Crippen LogP contribution in [0.2, 0.25) is 0 Å². The Morgan fingerprint density at radius 2 is 2.27 bits per heavy atom. The van der Waals surface area contributed by atoms with Gasteiger partial charge in [0.05, 0.1) is 12.6 Å². The highest BCUT2D eigenvalue weighted by Gasteiger charge is 2.15. The van der Waals surface area contributed by atoms with Crippen LogP contribution in [0.25, 0.3) is 0 Å². The quantitative estimate of drug-likeness (QED) is 0.724. The van der Waals surface area contributed by atoms with Gasteiger partial charge in [0, 0.05) is 25.0 Å². The molecule has 1 aliphatic rings. The molecule has 0 saturated heterocycles. The van der Waals surface area contributed by atoms with Gasteiger partial charge in [-0.3, -0.25) is 9.48 Å². The van der Waals surface area contributed by atoms with Crippen molar-refractivity contribution in [1.82, 2.24) is 20.4 Å². The van der Waals surface area contributed by atoms with Gasteiger partial charge in [-0.2, -0.15) is 5.10 Å². The van der Waals surface area contributed by atoms with Gasteiger partial charge >= 0.3 is 0 Å². The van der Waals surface area contributed by atoms with E-state index in [2.05, 4.69) is 28.7 Å². The Kier molecular flexibility index (Phi) is 6.65. The van der Waals surface area contributed by atoms with E-state index in [1.807, 2.05) is 23.9 Å². The number of rotatable bonds is 8. The van der Waals surface area contributed by atoms with Crippen LogP contribution in [0.3, 0.4) is 0 Å². The van der Waals surface area contributed by atoms with Crippen molar-refractivity contribution in [3.8, 4) is 0 Å². The number of carbonyl (C=O) groups excluding carboxylic acids is 1. The van der Waals surface area contributed by atoms with Crippen molar-refractivity contribution in [3.05, 3.63) is 30.1 Å². The summed E-state index contributed by atoms with van der Waals surface area (Å²) < 4.78 is 1.87. The lowest BCUT2D eigenvalue weighted by Crippen LogP contribution is -2.47. The highest BCUT2D eigenvalue weighted by atomic mass is 16.2. The number of hydrogen-bond donors (Lipinski definition) is 2. The molecule has 5 heteroatoms. The highest BCUT2D eigenvalue weighted by Crippen LogP contribution is 2.19. The van der Waals surface area contributed by atoms with Crippen LogP contribution in [0, 0.1) is 0 Å². The fourth-order valence-corrected chi connectivity index (χ4v) is 2.88. The van der Waals surface area contributed by atoms with E-state index < -0.39 is 0 Å². The maximum atomic E-state index is 12.1. The van der Waals surface area contributed by atoms with Crippen molar-refractivity contribution in [3.63, 3.8) is 0 Å². The Labute approximate surface area is 133 Å². The zero-order chi connectivity index (χ0) is 15.8. The third kappa shape index (κ3) is 5.64. The molecule has 1 aliphatic carbocycles. The zero-order valence-electron chi connectivity index (χ0n) is 13.7. The molecular weight excluding hydrogens is 276 g/mol. The van der Waals surface area contributed by atoms with Gasteiger partial charge < -0.3 is 10.6 Å². The van der Waals surface area contributed by atoms with Crippen molar-refractivity contribution in [1.29, 1.82) is 0 Å². The van der Waals surface area contributed by atoms with E-state index in [0.29, 0.717) is 0 Å². The minimum atomic E-state index is -0.189. The summed E-state index contributed by atoms with van der Waals surface area (Å²) in [6.45, 7) is 5.48. The third-order valence-corrected chi connectivity index (χ3v) is 4.08. The fraction of sp³-hybridized carbons (Fsp3) is 0.647. The summed E-state index contributed by atoms with van der Waals surface area (Å²) in [6.07, 6.45) is 12.0. The highest BCUT2D eigenvalue weighted by molar-refractivity contribution is 5.81. The van der Waals surface area contributed by atoms with E-state index in [1.54, 1.807) is 6.20 Å². The van der Waals surface area contributed by atoms with Crippen molar-refractivity contribution < 1.29 is 4.79 Å². The molecule has 5 nitrogen and oxygen atoms in total. The van der Waals surface area contributed by atoms with Crippen LogP contribution in [-0.4, -0.2) is 34.3 Å². The van der Waals surface area contributed by atoms with Crippen LogP contribution in [0.5, 0.6) is 0 Å². The number of nitrogens with one attached hydrogen (secondary N) is 2. The lowest BCUT2D eigenvalue weighted by Gasteiger charge is -2.20. The summed E-state index contributed by atoms with van der Waals surface area (Å²) in [6, 6.07) is 1.91. The number of allylic oxidation sites excluding steroid dienone is 1. The largest absolute Gasteiger partial charge is 0.354 e. The van der Waals surface area contributed by atoms with Gasteiger partial charge in [-0.15, -0.1) is 0 Å². The van der Waals surface area contributed by atoms with Crippen LogP contribution in [-0.2, 0) is 11.3 Å². The Morgan fingerprint density at radius 3 is 2.95 bits per heavy atom. The molecule has 0 bridgehead atoms. The predicted octanol–water partition coefficient (Wildman–Crippen LogP) is 2.26. The third-order valence-electron chi connectivity index (χ3n) is 4.08. The van der Waals surface area contributed by atoms with E-state index in [1.165, 1.54) is 31.3 Å². The van der Waals surface area contributed by atoms with E-state index in [9.17, 15) is 4.79 Å². The molecule has 2 rings (SSSR count). The lowest BCUT2D eigenvalue weighted by molar-refractivity contribution is -0.122. The summed E-state index contributed by atoms with van der Waals surface area (Å²) in [4.78, 5) is 12.1. The molecule has 1 amide bonds. The topological polar surface area (TPSA) is 59.0 Å². The number of hydrogen-bond acceptors (Lipinski definition) is 3.